The number of aromatic nitrogens is 3. The van der Waals surface area contributed by atoms with Gasteiger partial charge in [-0.1, -0.05) is 0 Å². The molecule has 0 atom stereocenters. The van der Waals surface area contributed by atoms with E-state index in [2.05, 4.69) is 15.2 Å². The van der Waals surface area contributed by atoms with Crippen LogP contribution in [0.25, 0.3) is 11.6 Å². The molecule has 0 fully saturated rings. The minimum atomic E-state index is 0.0335. The predicted octanol–water partition coefficient (Wildman–Crippen LogP) is 1.15. The maximum absolute atomic E-state index is 9.38. The number of pyridine rings is 1. The molecule has 5 heteroatoms. The molecule has 13 heavy (non-hydrogen) atoms. The van der Waals surface area contributed by atoms with Crippen molar-refractivity contribution in [3.8, 4) is 17.3 Å². The van der Waals surface area contributed by atoms with Gasteiger partial charge in [-0.2, -0.15) is 0 Å². The molecule has 0 aliphatic heterocycles. The van der Waals surface area contributed by atoms with Crippen LogP contribution in [0.15, 0.2) is 22.7 Å². The van der Waals surface area contributed by atoms with Gasteiger partial charge in [-0.3, -0.25) is 0 Å². The van der Waals surface area contributed by atoms with Gasteiger partial charge in [0.15, 0.2) is 5.69 Å². The molecule has 0 unspecified atom stereocenters. The van der Waals surface area contributed by atoms with Crippen LogP contribution in [-0.4, -0.2) is 20.3 Å². The molecule has 0 bridgehead atoms. The molecule has 2 heterocycles. The largest absolute Gasteiger partial charge is 0.505 e. The van der Waals surface area contributed by atoms with Crippen LogP contribution in [0.1, 0.15) is 5.89 Å². The standard InChI is InChI=1S/C8H7N3O2/c1-5-10-11-8(13-5)7-6(12)3-2-4-9-7/h2-4,12H,1H3. The third kappa shape index (κ3) is 1.35. The van der Waals surface area contributed by atoms with Crippen molar-refractivity contribution < 1.29 is 9.52 Å². The molecule has 2 aromatic heterocycles. The van der Waals surface area contributed by atoms with Crippen molar-refractivity contribution in [3.05, 3.63) is 24.2 Å². The number of hydrogen-bond donors (Lipinski definition) is 1. The summed E-state index contributed by atoms with van der Waals surface area (Å²) in [5.41, 5.74) is 0.308. The van der Waals surface area contributed by atoms with Crippen LogP contribution in [-0.2, 0) is 0 Å². The molecule has 2 aromatic rings. The Labute approximate surface area is 74.1 Å². The highest BCUT2D eigenvalue weighted by molar-refractivity contribution is 5.55. The van der Waals surface area contributed by atoms with E-state index in [-0.39, 0.29) is 11.6 Å². The fraction of sp³-hybridized carbons (Fsp3) is 0.125. The van der Waals surface area contributed by atoms with Gasteiger partial charge in [-0.25, -0.2) is 4.98 Å². The van der Waals surface area contributed by atoms with Crippen molar-refractivity contribution in [2.45, 2.75) is 6.92 Å². The highest BCUT2D eigenvalue weighted by Gasteiger charge is 2.10. The number of hydrogen-bond acceptors (Lipinski definition) is 5. The Bertz CT molecular complexity index is 425. The average molecular weight is 177 g/mol. The molecule has 0 aromatic carbocycles. The summed E-state index contributed by atoms with van der Waals surface area (Å²) in [4.78, 5) is 3.92. The molecule has 0 radical (unpaired) electrons. The topological polar surface area (TPSA) is 72.0 Å². The van der Waals surface area contributed by atoms with E-state index in [0.29, 0.717) is 11.6 Å². The second kappa shape index (κ2) is 2.85. The molecule has 1 N–H and O–H groups in total. The third-order valence-corrected chi connectivity index (χ3v) is 1.52. The first-order valence-electron chi connectivity index (χ1n) is 3.72. The summed E-state index contributed by atoms with van der Waals surface area (Å²) in [5, 5.41) is 16.8. The van der Waals surface area contributed by atoms with E-state index in [1.807, 2.05) is 0 Å². The molecule has 0 amide bonds. The predicted molar refractivity (Wildman–Crippen MR) is 43.9 cm³/mol. The van der Waals surface area contributed by atoms with E-state index in [9.17, 15) is 5.11 Å². The molecule has 2 rings (SSSR count). The lowest BCUT2D eigenvalue weighted by molar-refractivity contribution is 0.468. The molecular formula is C8H7N3O2. The normalized spacial score (nSPS) is 10.2. The van der Waals surface area contributed by atoms with Crippen LogP contribution in [0.3, 0.4) is 0 Å². The van der Waals surface area contributed by atoms with Gasteiger partial charge in [-0.05, 0) is 12.1 Å². The lowest BCUT2D eigenvalue weighted by Crippen LogP contribution is -1.83. The highest BCUT2D eigenvalue weighted by atomic mass is 16.4. The Kier molecular flexibility index (Phi) is 1.70. The van der Waals surface area contributed by atoms with E-state index >= 15 is 0 Å². The first-order chi connectivity index (χ1) is 6.27. The Hall–Kier alpha value is -1.91. The summed E-state index contributed by atoms with van der Waals surface area (Å²) in [6.07, 6.45) is 1.55. The number of aromatic hydroxyl groups is 1. The van der Waals surface area contributed by atoms with E-state index < -0.39 is 0 Å². The number of rotatable bonds is 1. The Morgan fingerprint density at radius 2 is 2.23 bits per heavy atom. The van der Waals surface area contributed by atoms with Crippen LogP contribution < -0.4 is 0 Å². The van der Waals surface area contributed by atoms with Gasteiger partial charge in [0.25, 0.3) is 5.89 Å². The van der Waals surface area contributed by atoms with Gasteiger partial charge in [0.1, 0.15) is 5.75 Å². The molecule has 5 nitrogen and oxygen atoms in total. The Morgan fingerprint density at radius 3 is 2.85 bits per heavy atom. The maximum atomic E-state index is 9.38. The first kappa shape index (κ1) is 7.72. The zero-order valence-electron chi connectivity index (χ0n) is 6.93. The monoisotopic (exact) mass is 177 g/mol. The molecular weight excluding hydrogens is 170 g/mol. The van der Waals surface area contributed by atoms with Crippen molar-refractivity contribution in [1.82, 2.24) is 15.2 Å². The van der Waals surface area contributed by atoms with Crippen molar-refractivity contribution >= 4 is 0 Å². The highest BCUT2D eigenvalue weighted by Crippen LogP contribution is 2.24. The molecule has 0 spiro atoms. The average Bonchev–Trinajstić information content (AvgIpc) is 2.53. The summed E-state index contributed by atoms with van der Waals surface area (Å²) in [6.45, 7) is 1.68. The first-order valence-corrected chi connectivity index (χ1v) is 3.72. The summed E-state index contributed by atoms with van der Waals surface area (Å²) in [5.74, 6) is 0.710. The molecule has 0 aliphatic rings. The van der Waals surface area contributed by atoms with Gasteiger partial charge < -0.3 is 9.52 Å². The van der Waals surface area contributed by atoms with Crippen molar-refractivity contribution in [1.29, 1.82) is 0 Å². The molecule has 66 valence electrons. The zero-order valence-corrected chi connectivity index (χ0v) is 6.93. The molecule has 0 saturated heterocycles. The van der Waals surface area contributed by atoms with E-state index in [4.69, 9.17) is 4.42 Å². The lowest BCUT2D eigenvalue weighted by Gasteiger charge is -1.95. The summed E-state index contributed by atoms with van der Waals surface area (Å²) < 4.78 is 5.11. The minimum absolute atomic E-state index is 0.0335. The van der Waals surface area contributed by atoms with Crippen LogP contribution >= 0.6 is 0 Å². The van der Waals surface area contributed by atoms with Crippen LogP contribution in [0, 0.1) is 6.92 Å². The molecule has 0 aliphatic carbocycles. The summed E-state index contributed by atoms with van der Waals surface area (Å²) >= 11 is 0. The van der Waals surface area contributed by atoms with E-state index in [1.165, 1.54) is 6.07 Å². The summed E-state index contributed by atoms with van der Waals surface area (Å²) in [6, 6.07) is 3.14. The van der Waals surface area contributed by atoms with Gasteiger partial charge in [0.2, 0.25) is 5.89 Å². The quantitative estimate of drug-likeness (QED) is 0.707. The fourth-order valence-electron chi connectivity index (χ4n) is 0.954. The Balaban J connectivity index is 2.52. The SMILES string of the molecule is Cc1nnc(-c2ncccc2O)o1. The smallest absolute Gasteiger partial charge is 0.270 e. The lowest BCUT2D eigenvalue weighted by atomic mass is 10.3. The minimum Gasteiger partial charge on any atom is -0.505 e. The van der Waals surface area contributed by atoms with Gasteiger partial charge in [0, 0.05) is 13.1 Å². The molecule has 0 saturated carbocycles. The van der Waals surface area contributed by atoms with Crippen molar-refractivity contribution in [2.75, 3.05) is 0 Å². The zero-order chi connectivity index (χ0) is 9.26. The maximum Gasteiger partial charge on any atom is 0.270 e. The van der Waals surface area contributed by atoms with Crippen molar-refractivity contribution in [3.63, 3.8) is 0 Å². The van der Waals surface area contributed by atoms with Crippen molar-refractivity contribution in [2.24, 2.45) is 0 Å². The van der Waals surface area contributed by atoms with Crippen LogP contribution in [0.5, 0.6) is 5.75 Å². The Morgan fingerprint density at radius 1 is 1.38 bits per heavy atom. The number of nitrogens with zero attached hydrogens (tertiary/aromatic N) is 3. The van der Waals surface area contributed by atoms with Gasteiger partial charge >= 0.3 is 0 Å². The van der Waals surface area contributed by atoms with Gasteiger partial charge in [0.05, 0.1) is 0 Å². The van der Waals surface area contributed by atoms with Gasteiger partial charge in [-0.15, -0.1) is 10.2 Å². The second-order valence-corrected chi connectivity index (χ2v) is 2.50. The number of aryl methyl sites for hydroxylation is 1. The van der Waals surface area contributed by atoms with Crippen LogP contribution in [0.2, 0.25) is 0 Å². The second-order valence-electron chi connectivity index (χ2n) is 2.50. The van der Waals surface area contributed by atoms with Crippen LogP contribution in [0.4, 0.5) is 0 Å². The summed E-state index contributed by atoms with van der Waals surface area (Å²) in [7, 11) is 0. The third-order valence-electron chi connectivity index (χ3n) is 1.52. The van der Waals surface area contributed by atoms with E-state index in [0.717, 1.165) is 0 Å². The fourth-order valence-corrected chi connectivity index (χ4v) is 0.954. The van der Waals surface area contributed by atoms with E-state index in [1.54, 1.807) is 19.2 Å².